The third kappa shape index (κ3) is 2.19. The SMILES string of the molecule is C=C1CC(CCC(C)=O)OC1=O. The summed E-state index contributed by atoms with van der Waals surface area (Å²) in [4.78, 5) is 21.4. The molecule has 1 fully saturated rings. The van der Waals surface area contributed by atoms with Crippen molar-refractivity contribution < 1.29 is 14.3 Å². The summed E-state index contributed by atoms with van der Waals surface area (Å²) in [7, 11) is 0. The van der Waals surface area contributed by atoms with Gasteiger partial charge in [-0.05, 0) is 13.3 Å². The fraction of sp³-hybridized carbons (Fsp3) is 0.556. The molecule has 0 aliphatic carbocycles. The van der Waals surface area contributed by atoms with Crippen LogP contribution in [0, 0.1) is 0 Å². The Hall–Kier alpha value is -1.12. The summed E-state index contributed by atoms with van der Waals surface area (Å²) in [5.74, 6) is -0.188. The number of ketones is 1. The molecule has 1 saturated heterocycles. The van der Waals surface area contributed by atoms with Crippen molar-refractivity contribution >= 4 is 11.8 Å². The summed E-state index contributed by atoms with van der Waals surface area (Å²) in [5, 5.41) is 0. The van der Waals surface area contributed by atoms with Crippen molar-refractivity contribution in [1.82, 2.24) is 0 Å². The number of carbonyl (C=O) groups excluding carboxylic acids is 2. The Morgan fingerprint density at radius 3 is 2.83 bits per heavy atom. The molecule has 3 nitrogen and oxygen atoms in total. The van der Waals surface area contributed by atoms with Gasteiger partial charge in [-0.2, -0.15) is 0 Å². The number of carbonyl (C=O) groups is 2. The summed E-state index contributed by atoms with van der Waals surface area (Å²) in [6.45, 7) is 5.09. The molecule has 0 amide bonds. The van der Waals surface area contributed by atoms with Gasteiger partial charge in [-0.15, -0.1) is 0 Å². The monoisotopic (exact) mass is 168 g/mol. The van der Waals surface area contributed by atoms with Crippen molar-refractivity contribution in [3.05, 3.63) is 12.2 Å². The largest absolute Gasteiger partial charge is 0.459 e. The molecule has 0 N–H and O–H groups in total. The second kappa shape index (κ2) is 3.52. The Bertz CT molecular complexity index is 214. The van der Waals surface area contributed by atoms with E-state index in [4.69, 9.17) is 4.74 Å². The molecule has 0 radical (unpaired) electrons. The molecule has 3 heteroatoms. The Morgan fingerprint density at radius 1 is 1.75 bits per heavy atom. The van der Waals surface area contributed by atoms with E-state index in [9.17, 15) is 9.59 Å². The van der Waals surface area contributed by atoms with Crippen molar-refractivity contribution in [3.8, 4) is 0 Å². The zero-order chi connectivity index (χ0) is 9.14. The van der Waals surface area contributed by atoms with Gasteiger partial charge in [0.05, 0.1) is 0 Å². The molecule has 0 aromatic heterocycles. The lowest BCUT2D eigenvalue weighted by molar-refractivity contribution is -0.139. The topological polar surface area (TPSA) is 43.4 Å². The molecule has 1 aliphatic rings. The van der Waals surface area contributed by atoms with Crippen LogP contribution in [0.15, 0.2) is 12.2 Å². The van der Waals surface area contributed by atoms with Crippen LogP contribution in [-0.4, -0.2) is 17.9 Å². The normalized spacial score (nSPS) is 22.6. The van der Waals surface area contributed by atoms with Gasteiger partial charge in [-0.25, -0.2) is 4.79 Å². The fourth-order valence-corrected chi connectivity index (χ4v) is 1.16. The lowest BCUT2D eigenvalue weighted by atomic mass is 10.1. The molecule has 1 unspecified atom stereocenters. The van der Waals surface area contributed by atoms with Crippen LogP contribution in [0.2, 0.25) is 0 Å². The zero-order valence-electron chi connectivity index (χ0n) is 7.13. The van der Waals surface area contributed by atoms with Crippen LogP contribution in [0.25, 0.3) is 0 Å². The van der Waals surface area contributed by atoms with E-state index in [2.05, 4.69) is 6.58 Å². The van der Waals surface area contributed by atoms with Crippen LogP contribution in [0.3, 0.4) is 0 Å². The minimum absolute atomic E-state index is 0.117. The number of Topliss-reactive ketones (excluding diaryl/α,β-unsaturated/α-hetero) is 1. The molecule has 0 aromatic carbocycles. The Labute approximate surface area is 71.4 Å². The van der Waals surface area contributed by atoms with Gasteiger partial charge in [0.1, 0.15) is 11.9 Å². The number of cyclic esters (lactones) is 1. The molecule has 0 bridgehead atoms. The summed E-state index contributed by atoms with van der Waals surface area (Å²) < 4.78 is 4.93. The van der Waals surface area contributed by atoms with E-state index in [0.717, 1.165) is 0 Å². The minimum Gasteiger partial charge on any atom is -0.459 e. The summed E-state index contributed by atoms with van der Waals surface area (Å²) in [6, 6.07) is 0. The summed E-state index contributed by atoms with van der Waals surface area (Å²) in [6.07, 6.45) is 1.56. The van der Waals surface area contributed by atoms with Gasteiger partial charge in [0.2, 0.25) is 0 Å². The van der Waals surface area contributed by atoms with Gasteiger partial charge in [-0.3, -0.25) is 0 Å². The van der Waals surface area contributed by atoms with Crippen molar-refractivity contribution in [1.29, 1.82) is 0 Å². The van der Waals surface area contributed by atoms with Crippen molar-refractivity contribution in [2.24, 2.45) is 0 Å². The highest BCUT2D eigenvalue weighted by Gasteiger charge is 2.26. The molecule has 12 heavy (non-hydrogen) atoms. The molecule has 0 aromatic rings. The van der Waals surface area contributed by atoms with Gasteiger partial charge in [0.25, 0.3) is 0 Å². The lowest BCUT2D eigenvalue weighted by Crippen LogP contribution is -2.08. The summed E-state index contributed by atoms with van der Waals surface area (Å²) >= 11 is 0. The van der Waals surface area contributed by atoms with Crippen LogP contribution in [0.4, 0.5) is 0 Å². The lowest BCUT2D eigenvalue weighted by Gasteiger charge is -2.05. The maximum absolute atomic E-state index is 10.8. The number of esters is 1. The standard InChI is InChI=1S/C9H12O3/c1-6-5-8(12-9(6)11)4-3-7(2)10/h8H,1,3-5H2,2H3. The molecular weight excluding hydrogens is 156 g/mol. The van der Waals surface area contributed by atoms with Gasteiger partial charge < -0.3 is 9.53 Å². The van der Waals surface area contributed by atoms with E-state index >= 15 is 0 Å². The van der Waals surface area contributed by atoms with Crippen molar-refractivity contribution in [2.75, 3.05) is 0 Å². The first-order chi connectivity index (χ1) is 5.59. The number of hydrogen-bond acceptors (Lipinski definition) is 3. The number of rotatable bonds is 3. The molecule has 1 rings (SSSR count). The molecule has 0 saturated carbocycles. The smallest absolute Gasteiger partial charge is 0.333 e. The molecule has 1 atom stereocenters. The number of hydrogen-bond donors (Lipinski definition) is 0. The zero-order valence-corrected chi connectivity index (χ0v) is 7.13. The van der Waals surface area contributed by atoms with E-state index in [1.54, 1.807) is 0 Å². The molecule has 0 spiro atoms. The first-order valence-electron chi connectivity index (χ1n) is 3.98. The van der Waals surface area contributed by atoms with Crippen LogP contribution in [0.1, 0.15) is 26.2 Å². The molecule has 1 aliphatic heterocycles. The van der Waals surface area contributed by atoms with Gasteiger partial charge in [-0.1, -0.05) is 6.58 Å². The first-order valence-corrected chi connectivity index (χ1v) is 3.98. The third-order valence-electron chi connectivity index (χ3n) is 1.85. The Kier molecular flexibility index (Phi) is 2.63. The first kappa shape index (κ1) is 8.97. The van der Waals surface area contributed by atoms with Gasteiger partial charge >= 0.3 is 5.97 Å². The summed E-state index contributed by atoms with van der Waals surface area (Å²) in [5.41, 5.74) is 0.517. The predicted molar refractivity (Wildman–Crippen MR) is 43.6 cm³/mol. The van der Waals surface area contributed by atoms with Crippen LogP contribution >= 0.6 is 0 Å². The van der Waals surface area contributed by atoms with E-state index in [-0.39, 0.29) is 17.9 Å². The second-order valence-electron chi connectivity index (χ2n) is 3.08. The van der Waals surface area contributed by atoms with E-state index in [1.807, 2.05) is 0 Å². The van der Waals surface area contributed by atoms with Crippen molar-refractivity contribution in [2.45, 2.75) is 32.3 Å². The highest BCUT2D eigenvalue weighted by atomic mass is 16.5. The van der Waals surface area contributed by atoms with Crippen molar-refractivity contribution in [3.63, 3.8) is 0 Å². The fourth-order valence-electron chi connectivity index (χ4n) is 1.16. The second-order valence-corrected chi connectivity index (χ2v) is 3.08. The van der Waals surface area contributed by atoms with E-state index in [0.29, 0.717) is 24.8 Å². The van der Waals surface area contributed by atoms with Crippen LogP contribution < -0.4 is 0 Å². The van der Waals surface area contributed by atoms with E-state index in [1.165, 1.54) is 6.92 Å². The van der Waals surface area contributed by atoms with Crippen LogP contribution in [0.5, 0.6) is 0 Å². The predicted octanol–water partition coefficient (Wildman–Crippen LogP) is 1.23. The average Bonchev–Trinajstić information content (AvgIpc) is 2.28. The van der Waals surface area contributed by atoms with E-state index < -0.39 is 0 Å². The van der Waals surface area contributed by atoms with Gasteiger partial charge in [0.15, 0.2) is 0 Å². The highest BCUT2D eigenvalue weighted by molar-refractivity contribution is 5.90. The van der Waals surface area contributed by atoms with Crippen LogP contribution in [-0.2, 0) is 14.3 Å². The molecule has 66 valence electrons. The van der Waals surface area contributed by atoms with Gasteiger partial charge in [0, 0.05) is 18.4 Å². The highest BCUT2D eigenvalue weighted by Crippen LogP contribution is 2.21. The maximum atomic E-state index is 10.8. The third-order valence-corrected chi connectivity index (χ3v) is 1.85. The molecule has 1 heterocycles. The minimum atomic E-state index is -0.316. The average molecular weight is 168 g/mol. The number of ether oxygens (including phenoxy) is 1. The molecular formula is C9H12O3. The maximum Gasteiger partial charge on any atom is 0.333 e. The Balaban J connectivity index is 2.33. The quantitative estimate of drug-likeness (QED) is 0.470. The Morgan fingerprint density at radius 2 is 2.42 bits per heavy atom.